The second-order valence-corrected chi connectivity index (χ2v) is 5.23. The fourth-order valence-corrected chi connectivity index (χ4v) is 2.78. The molecule has 1 aliphatic rings. The number of halogens is 1. The van der Waals surface area contributed by atoms with E-state index in [4.69, 9.17) is 17.3 Å². The number of nitrogens with zero attached hydrogens (tertiary/aromatic N) is 2. The van der Waals surface area contributed by atoms with Gasteiger partial charge in [0.25, 0.3) is 0 Å². The molecule has 1 heterocycles. The second-order valence-electron chi connectivity index (χ2n) is 4.82. The van der Waals surface area contributed by atoms with Crippen molar-refractivity contribution in [1.29, 1.82) is 0 Å². The van der Waals surface area contributed by atoms with Gasteiger partial charge in [0.1, 0.15) is 0 Å². The van der Waals surface area contributed by atoms with E-state index in [1.165, 1.54) is 0 Å². The van der Waals surface area contributed by atoms with Crippen molar-refractivity contribution in [3.63, 3.8) is 0 Å². The van der Waals surface area contributed by atoms with Crippen molar-refractivity contribution in [3.8, 4) is 0 Å². The quantitative estimate of drug-likeness (QED) is 0.822. The normalized spacial score (nSPS) is 18.3. The maximum Gasteiger partial charge on any atom is 0.0789 e. The smallest absolute Gasteiger partial charge is 0.0789 e. The summed E-state index contributed by atoms with van der Waals surface area (Å²) in [5.41, 5.74) is 7.76. The Morgan fingerprint density at radius 1 is 1.35 bits per heavy atom. The van der Waals surface area contributed by atoms with Gasteiger partial charge in [-0.3, -0.25) is 0 Å². The molecule has 2 N–H and O–H groups in total. The average Bonchev–Trinajstić information content (AvgIpc) is 2.29. The molecule has 1 fully saturated rings. The Morgan fingerprint density at radius 2 is 2.00 bits per heavy atom. The van der Waals surface area contributed by atoms with E-state index < -0.39 is 0 Å². The minimum absolute atomic E-state index is 0.536. The van der Waals surface area contributed by atoms with Crippen molar-refractivity contribution in [3.05, 3.63) is 23.2 Å². The third-order valence-electron chi connectivity index (χ3n) is 3.61. The summed E-state index contributed by atoms with van der Waals surface area (Å²) in [6, 6.07) is 6.24. The Labute approximate surface area is 108 Å². The van der Waals surface area contributed by atoms with Crippen LogP contribution >= 0.6 is 11.6 Å². The van der Waals surface area contributed by atoms with Gasteiger partial charge in [-0.1, -0.05) is 17.7 Å². The Kier molecular flexibility index (Phi) is 3.79. The van der Waals surface area contributed by atoms with Crippen LogP contribution in [0.3, 0.4) is 0 Å². The molecule has 0 radical (unpaired) electrons. The lowest BCUT2D eigenvalue weighted by molar-refractivity contribution is 0.253. The van der Waals surface area contributed by atoms with Crippen LogP contribution in [0.4, 0.5) is 11.4 Å². The third kappa shape index (κ3) is 2.67. The standard InChI is InChI=1S/C13H20ClN3/c1-16-8-6-10(7-9-16)17(2)13-11(14)4-3-5-12(13)15/h3-5,10H,6-9,15H2,1-2H3. The van der Waals surface area contributed by atoms with Gasteiger partial charge >= 0.3 is 0 Å². The molecule has 0 atom stereocenters. The molecule has 0 spiro atoms. The van der Waals surface area contributed by atoms with Crippen molar-refractivity contribution in [2.24, 2.45) is 0 Å². The van der Waals surface area contributed by atoms with E-state index in [2.05, 4.69) is 23.9 Å². The predicted molar refractivity (Wildman–Crippen MR) is 74.8 cm³/mol. The molecule has 0 unspecified atom stereocenters. The Morgan fingerprint density at radius 3 is 2.59 bits per heavy atom. The number of para-hydroxylation sites is 1. The lowest BCUT2D eigenvalue weighted by Gasteiger charge is -2.37. The van der Waals surface area contributed by atoms with Crippen LogP contribution in [0, 0.1) is 0 Å². The van der Waals surface area contributed by atoms with Crippen LogP contribution in [0.1, 0.15) is 12.8 Å². The lowest BCUT2D eigenvalue weighted by Crippen LogP contribution is -2.42. The molecule has 0 amide bonds. The highest BCUT2D eigenvalue weighted by Gasteiger charge is 2.23. The maximum absolute atomic E-state index is 6.24. The molecule has 4 heteroatoms. The summed E-state index contributed by atoms with van der Waals surface area (Å²) < 4.78 is 0. The Bertz CT molecular complexity index is 366. The van der Waals surface area contributed by atoms with E-state index >= 15 is 0 Å². The Hall–Kier alpha value is -0.930. The van der Waals surface area contributed by atoms with E-state index in [0.717, 1.165) is 42.3 Å². The van der Waals surface area contributed by atoms with E-state index in [-0.39, 0.29) is 0 Å². The molecule has 0 aromatic heterocycles. The number of piperidine rings is 1. The number of rotatable bonds is 2. The molecule has 94 valence electrons. The second kappa shape index (κ2) is 5.15. The van der Waals surface area contributed by atoms with Gasteiger partial charge in [0.15, 0.2) is 0 Å². The van der Waals surface area contributed by atoms with Crippen LogP contribution in [0.15, 0.2) is 18.2 Å². The highest BCUT2D eigenvalue weighted by Crippen LogP contribution is 2.33. The van der Waals surface area contributed by atoms with Gasteiger partial charge in [-0.15, -0.1) is 0 Å². The molecule has 3 nitrogen and oxygen atoms in total. The van der Waals surface area contributed by atoms with E-state index in [1.807, 2.05) is 18.2 Å². The fraction of sp³-hybridized carbons (Fsp3) is 0.538. The van der Waals surface area contributed by atoms with E-state index in [0.29, 0.717) is 6.04 Å². The zero-order valence-corrected chi connectivity index (χ0v) is 11.2. The highest BCUT2D eigenvalue weighted by atomic mass is 35.5. The average molecular weight is 254 g/mol. The lowest BCUT2D eigenvalue weighted by atomic mass is 10.0. The first kappa shape index (κ1) is 12.5. The van der Waals surface area contributed by atoms with Crippen molar-refractivity contribution in [2.75, 3.05) is 37.8 Å². The van der Waals surface area contributed by atoms with E-state index in [9.17, 15) is 0 Å². The van der Waals surface area contributed by atoms with Gasteiger partial charge in [0.2, 0.25) is 0 Å². The molecule has 2 rings (SSSR count). The van der Waals surface area contributed by atoms with Gasteiger partial charge in [-0.25, -0.2) is 0 Å². The number of benzene rings is 1. The van der Waals surface area contributed by atoms with Gasteiger partial charge in [-0.2, -0.15) is 0 Å². The molecule has 1 aromatic rings. The number of hydrogen-bond acceptors (Lipinski definition) is 3. The SMILES string of the molecule is CN1CCC(N(C)c2c(N)cccc2Cl)CC1. The van der Waals surface area contributed by atoms with E-state index in [1.54, 1.807) is 0 Å². The van der Waals surface area contributed by atoms with Crippen molar-refractivity contribution < 1.29 is 0 Å². The topological polar surface area (TPSA) is 32.5 Å². The summed E-state index contributed by atoms with van der Waals surface area (Å²) >= 11 is 6.24. The van der Waals surface area contributed by atoms with Crippen LogP contribution in [-0.4, -0.2) is 38.1 Å². The van der Waals surface area contributed by atoms with Crippen LogP contribution in [-0.2, 0) is 0 Å². The number of nitrogens with two attached hydrogens (primary N) is 1. The maximum atomic E-state index is 6.24. The van der Waals surface area contributed by atoms with Crippen molar-refractivity contribution in [1.82, 2.24) is 4.90 Å². The largest absolute Gasteiger partial charge is 0.397 e. The summed E-state index contributed by atoms with van der Waals surface area (Å²) in [4.78, 5) is 4.60. The molecule has 0 aliphatic carbocycles. The first-order chi connectivity index (χ1) is 8.09. The zero-order chi connectivity index (χ0) is 12.4. The summed E-state index contributed by atoms with van der Waals surface area (Å²) in [5.74, 6) is 0. The van der Waals surface area contributed by atoms with Crippen LogP contribution in [0.5, 0.6) is 0 Å². The molecule has 1 aliphatic heterocycles. The molecule has 0 saturated carbocycles. The van der Waals surface area contributed by atoms with Crippen LogP contribution < -0.4 is 10.6 Å². The number of nitrogen functional groups attached to an aromatic ring is 1. The summed E-state index contributed by atoms with van der Waals surface area (Å²) in [7, 11) is 4.26. The third-order valence-corrected chi connectivity index (χ3v) is 3.91. The molecule has 17 heavy (non-hydrogen) atoms. The highest BCUT2D eigenvalue weighted by molar-refractivity contribution is 6.34. The molecule has 0 bridgehead atoms. The minimum Gasteiger partial charge on any atom is -0.397 e. The number of hydrogen-bond donors (Lipinski definition) is 1. The van der Waals surface area contributed by atoms with Gasteiger partial charge in [0, 0.05) is 13.1 Å². The fourth-order valence-electron chi connectivity index (χ4n) is 2.47. The monoisotopic (exact) mass is 253 g/mol. The van der Waals surface area contributed by atoms with Crippen LogP contribution in [0.25, 0.3) is 0 Å². The minimum atomic E-state index is 0.536. The zero-order valence-electron chi connectivity index (χ0n) is 10.5. The summed E-state index contributed by atoms with van der Waals surface area (Å²) in [6.45, 7) is 2.28. The van der Waals surface area contributed by atoms with Crippen molar-refractivity contribution in [2.45, 2.75) is 18.9 Å². The summed E-state index contributed by atoms with van der Waals surface area (Å²) in [5, 5.41) is 0.742. The molecule has 1 aromatic carbocycles. The van der Waals surface area contributed by atoms with Gasteiger partial charge in [0.05, 0.1) is 16.4 Å². The predicted octanol–water partition coefficient (Wildman–Crippen LogP) is 2.45. The number of anilines is 2. The van der Waals surface area contributed by atoms with Gasteiger partial charge < -0.3 is 15.5 Å². The molecular weight excluding hydrogens is 234 g/mol. The Balaban J connectivity index is 2.16. The molecular formula is C13H20ClN3. The first-order valence-electron chi connectivity index (χ1n) is 6.05. The molecule has 1 saturated heterocycles. The summed E-state index contributed by atoms with van der Waals surface area (Å²) in [6.07, 6.45) is 2.33. The van der Waals surface area contributed by atoms with Crippen LogP contribution in [0.2, 0.25) is 5.02 Å². The van der Waals surface area contributed by atoms with Crippen molar-refractivity contribution >= 4 is 23.0 Å². The number of likely N-dealkylation sites (tertiary alicyclic amines) is 1. The first-order valence-corrected chi connectivity index (χ1v) is 6.42. The van der Waals surface area contributed by atoms with Gasteiger partial charge in [-0.05, 0) is 45.1 Å².